The summed E-state index contributed by atoms with van der Waals surface area (Å²) in [7, 11) is 3.64. The standard InChI is InChI=1S/C15H20N2O/c1-17-7-3-4-12(17)8-11-10-16-15-6-5-13(18-2)9-14(11)15/h5-6,9-10,12,16H,3-4,7-8H2,1-2H3/t12-/m1/s1/i8D2. The summed E-state index contributed by atoms with van der Waals surface area (Å²) in [6.07, 6.45) is 2.40. The number of fused-ring (bicyclic) bond motifs is 1. The van der Waals surface area contributed by atoms with E-state index in [1.165, 1.54) is 0 Å². The number of methoxy groups -OCH3 is 1. The summed E-state index contributed by atoms with van der Waals surface area (Å²) in [5, 5.41) is 0.912. The molecular weight excluding hydrogens is 224 g/mol. The van der Waals surface area contributed by atoms with Gasteiger partial charge in [0.05, 0.1) is 7.11 Å². The van der Waals surface area contributed by atoms with Crippen molar-refractivity contribution in [3.8, 4) is 5.75 Å². The molecule has 18 heavy (non-hydrogen) atoms. The van der Waals surface area contributed by atoms with Crippen LogP contribution in [0.4, 0.5) is 0 Å². The van der Waals surface area contributed by atoms with E-state index in [9.17, 15) is 0 Å². The smallest absolute Gasteiger partial charge is 0.119 e. The molecule has 1 atom stereocenters. The maximum atomic E-state index is 8.59. The van der Waals surface area contributed by atoms with Gasteiger partial charge in [-0.25, -0.2) is 0 Å². The van der Waals surface area contributed by atoms with Crippen molar-refractivity contribution in [1.82, 2.24) is 9.88 Å². The average molecular weight is 246 g/mol. The lowest BCUT2D eigenvalue weighted by Crippen LogP contribution is -2.26. The lowest BCUT2D eigenvalue weighted by atomic mass is 10.0. The zero-order valence-electron chi connectivity index (χ0n) is 12.9. The van der Waals surface area contributed by atoms with Crippen LogP contribution in [0.15, 0.2) is 24.4 Å². The molecule has 1 aromatic carbocycles. The van der Waals surface area contributed by atoms with Crippen molar-refractivity contribution < 1.29 is 7.48 Å². The molecule has 0 saturated carbocycles. The molecule has 3 heteroatoms. The van der Waals surface area contributed by atoms with Crippen LogP contribution in [0.25, 0.3) is 10.9 Å². The first kappa shape index (κ1) is 9.45. The first-order chi connectivity index (χ1) is 9.54. The summed E-state index contributed by atoms with van der Waals surface area (Å²) in [5.41, 5.74) is 1.68. The molecule has 2 heterocycles. The van der Waals surface area contributed by atoms with Gasteiger partial charge in [-0.15, -0.1) is 0 Å². The molecule has 1 aliphatic rings. The summed E-state index contributed by atoms with van der Waals surface area (Å²) in [5.74, 6) is 0.758. The second-order valence-electron chi connectivity index (χ2n) is 4.90. The molecule has 1 saturated heterocycles. The van der Waals surface area contributed by atoms with E-state index >= 15 is 0 Å². The third kappa shape index (κ3) is 1.99. The van der Waals surface area contributed by atoms with Crippen LogP contribution in [0.3, 0.4) is 0 Å². The van der Waals surface area contributed by atoms with E-state index in [0.717, 1.165) is 41.6 Å². The molecule has 3 nitrogen and oxygen atoms in total. The first-order valence-corrected chi connectivity index (χ1v) is 6.40. The van der Waals surface area contributed by atoms with E-state index < -0.39 is 6.37 Å². The lowest BCUT2D eigenvalue weighted by Gasteiger charge is -2.18. The van der Waals surface area contributed by atoms with E-state index in [-0.39, 0.29) is 6.04 Å². The third-order valence-electron chi connectivity index (χ3n) is 3.73. The molecule has 3 rings (SSSR count). The van der Waals surface area contributed by atoms with Gasteiger partial charge in [0.15, 0.2) is 0 Å². The third-order valence-corrected chi connectivity index (χ3v) is 3.73. The number of hydrogen-bond donors (Lipinski definition) is 1. The van der Waals surface area contributed by atoms with E-state index in [1.54, 1.807) is 13.3 Å². The molecule has 0 spiro atoms. The minimum absolute atomic E-state index is 0.0623. The highest BCUT2D eigenvalue weighted by atomic mass is 16.5. The quantitative estimate of drug-likeness (QED) is 0.902. The topological polar surface area (TPSA) is 28.3 Å². The number of nitrogens with one attached hydrogen (secondary N) is 1. The molecule has 0 amide bonds. The molecule has 0 unspecified atom stereocenters. The van der Waals surface area contributed by atoms with Crippen LogP contribution < -0.4 is 4.74 Å². The fourth-order valence-electron chi connectivity index (χ4n) is 2.62. The van der Waals surface area contributed by atoms with Gasteiger partial charge in [0, 0.05) is 25.9 Å². The Morgan fingerprint density at radius 1 is 1.56 bits per heavy atom. The van der Waals surface area contributed by atoms with E-state index in [4.69, 9.17) is 7.48 Å². The summed E-state index contributed by atoms with van der Waals surface area (Å²) >= 11 is 0. The highest BCUT2D eigenvalue weighted by molar-refractivity contribution is 5.84. The summed E-state index contributed by atoms with van der Waals surface area (Å²) in [6.45, 7) is 0.968. The minimum Gasteiger partial charge on any atom is -0.497 e. The Morgan fingerprint density at radius 2 is 2.44 bits per heavy atom. The van der Waals surface area contributed by atoms with E-state index in [1.807, 2.05) is 25.2 Å². The Balaban J connectivity index is 2.08. The molecule has 96 valence electrons. The first-order valence-electron chi connectivity index (χ1n) is 7.40. The number of likely N-dealkylation sites (N-methyl/N-ethyl adjacent to an activating group) is 1. The van der Waals surface area contributed by atoms with Gasteiger partial charge in [-0.1, -0.05) is 0 Å². The maximum absolute atomic E-state index is 8.59. The van der Waals surface area contributed by atoms with E-state index in [2.05, 4.69) is 9.88 Å². The molecule has 1 aromatic heterocycles. The van der Waals surface area contributed by atoms with Crippen LogP contribution >= 0.6 is 0 Å². The average Bonchev–Trinajstić information content (AvgIpc) is 3.04. The highest BCUT2D eigenvalue weighted by Gasteiger charge is 2.22. The fraction of sp³-hybridized carbons (Fsp3) is 0.467. The van der Waals surface area contributed by atoms with Crippen LogP contribution in [0.5, 0.6) is 5.75 Å². The number of rotatable bonds is 3. The van der Waals surface area contributed by atoms with Gasteiger partial charge in [0.25, 0.3) is 0 Å². The predicted molar refractivity (Wildman–Crippen MR) is 74.2 cm³/mol. The SMILES string of the molecule is [2H]C([2H])(c1c[nH]c2ccc(OC)cc12)[C@H]1CCCN1C. The number of nitrogens with zero attached hydrogens (tertiary/aromatic N) is 1. The second-order valence-corrected chi connectivity index (χ2v) is 4.90. The number of benzene rings is 1. The van der Waals surface area contributed by atoms with E-state index in [0.29, 0.717) is 0 Å². The molecule has 0 aliphatic carbocycles. The van der Waals surface area contributed by atoms with Crippen molar-refractivity contribution in [2.75, 3.05) is 20.7 Å². The Bertz CT molecular complexity index is 623. The molecular formula is C15H20N2O. The number of likely N-dealkylation sites (tertiary alicyclic amines) is 1. The van der Waals surface area contributed by atoms with Gasteiger partial charge < -0.3 is 14.6 Å². The van der Waals surface area contributed by atoms with Crippen LogP contribution in [0, 0.1) is 0 Å². The summed E-state index contributed by atoms with van der Waals surface area (Å²) < 4.78 is 22.4. The molecule has 2 aromatic rings. The van der Waals surface area contributed by atoms with Gasteiger partial charge in [-0.2, -0.15) is 0 Å². The van der Waals surface area contributed by atoms with Crippen molar-refractivity contribution in [3.05, 3.63) is 30.0 Å². The van der Waals surface area contributed by atoms with Gasteiger partial charge in [-0.05, 0) is 56.6 Å². The zero-order valence-corrected chi connectivity index (χ0v) is 10.9. The number of aromatic nitrogens is 1. The van der Waals surface area contributed by atoms with Crippen molar-refractivity contribution >= 4 is 10.9 Å². The summed E-state index contributed by atoms with van der Waals surface area (Å²) in [4.78, 5) is 5.29. The maximum Gasteiger partial charge on any atom is 0.119 e. The molecule has 1 fully saturated rings. The largest absolute Gasteiger partial charge is 0.497 e. The summed E-state index contributed by atoms with van der Waals surface area (Å²) in [6, 6.07) is 5.67. The van der Waals surface area contributed by atoms with Gasteiger partial charge >= 0.3 is 0 Å². The number of ether oxygens (including phenoxy) is 1. The molecule has 0 bridgehead atoms. The lowest BCUT2D eigenvalue weighted by molar-refractivity contribution is 0.310. The number of aromatic amines is 1. The van der Waals surface area contributed by atoms with Crippen LogP contribution in [-0.2, 0) is 6.37 Å². The van der Waals surface area contributed by atoms with Gasteiger partial charge in [-0.3, -0.25) is 0 Å². The number of H-pyrrole nitrogens is 1. The second kappa shape index (κ2) is 4.65. The van der Waals surface area contributed by atoms with Crippen molar-refractivity contribution in [2.45, 2.75) is 25.3 Å². The Labute approximate surface area is 111 Å². The fourth-order valence-corrected chi connectivity index (χ4v) is 2.62. The van der Waals surface area contributed by atoms with Crippen LogP contribution in [0.2, 0.25) is 0 Å². The Morgan fingerprint density at radius 3 is 3.17 bits per heavy atom. The van der Waals surface area contributed by atoms with Crippen molar-refractivity contribution in [2.24, 2.45) is 0 Å². The van der Waals surface area contributed by atoms with Crippen LogP contribution in [0.1, 0.15) is 21.1 Å². The Kier molecular flexibility index (Phi) is 2.44. The van der Waals surface area contributed by atoms with Crippen molar-refractivity contribution in [3.63, 3.8) is 0 Å². The number of hydrogen-bond acceptors (Lipinski definition) is 2. The van der Waals surface area contributed by atoms with Gasteiger partial charge in [0.2, 0.25) is 0 Å². The predicted octanol–water partition coefficient (Wildman–Crippen LogP) is 2.81. The van der Waals surface area contributed by atoms with Crippen molar-refractivity contribution in [1.29, 1.82) is 0 Å². The van der Waals surface area contributed by atoms with Crippen LogP contribution in [-0.4, -0.2) is 36.6 Å². The normalized spacial score (nSPS) is 23.1. The molecule has 1 N–H and O–H groups in total. The zero-order chi connectivity index (χ0) is 14.3. The molecule has 1 aliphatic heterocycles. The Hall–Kier alpha value is -1.48. The van der Waals surface area contributed by atoms with Gasteiger partial charge in [0.1, 0.15) is 5.75 Å². The molecule has 0 radical (unpaired) electrons. The minimum atomic E-state index is -1.37. The monoisotopic (exact) mass is 246 g/mol. The highest BCUT2D eigenvalue weighted by Crippen LogP contribution is 2.27.